The summed E-state index contributed by atoms with van der Waals surface area (Å²) in [5.74, 6) is -1.40. The number of hydrogen-bond acceptors (Lipinski definition) is 5. The fraction of sp³-hybridized carbons (Fsp3) is 0.0909. The molecule has 0 radical (unpaired) electrons. The van der Waals surface area contributed by atoms with Gasteiger partial charge in [0.2, 0.25) is 0 Å². The lowest BCUT2D eigenvalue weighted by Crippen LogP contribution is -2.30. The number of carbonyl (C=O) groups is 1. The molecule has 2 N–H and O–H groups in total. The van der Waals surface area contributed by atoms with Crippen LogP contribution in [0.2, 0.25) is 10.0 Å². The predicted octanol–water partition coefficient (Wildman–Crippen LogP) is 2.96. The maximum absolute atomic E-state index is 11.6. The number of aromatic nitrogens is 1. The van der Waals surface area contributed by atoms with Crippen molar-refractivity contribution < 1.29 is 22.9 Å². The van der Waals surface area contributed by atoms with E-state index in [-0.39, 0.29) is 21.6 Å². The van der Waals surface area contributed by atoms with Gasteiger partial charge in [0.25, 0.3) is 0 Å². The van der Waals surface area contributed by atoms with E-state index in [1.54, 1.807) is 0 Å². The first kappa shape index (κ1) is 17.0. The Morgan fingerprint density at radius 2 is 2.00 bits per heavy atom. The average Bonchev–Trinajstić information content (AvgIpc) is 2.87. The number of hydrogen-bond donors (Lipinski definition) is 2. The number of carboxylic acids is 1. The van der Waals surface area contributed by atoms with Crippen LogP contribution in [0.15, 0.2) is 23.7 Å². The number of nitrogens with zero attached hydrogens (tertiary/aromatic N) is 2. The monoisotopic (exact) mass is 382 g/mol. The van der Waals surface area contributed by atoms with E-state index in [1.807, 2.05) is 0 Å². The van der Waals surface area contributed by atoms with Gasteiger partial charge < -0.3 is 5.11 Å². The van der Waals surface area contributed by atoms with Crippen LogP contribution >= 0.6 is 34.5 Å². The third-order valence-corrected chi connectivity index (χ3v) is 5.14. The predicted molar refractivity (Wildman–Crippen MR) is 83.3 cm³/mol. The van der Waals surface area contributed by atoms with Gasteiger partial charge in [-0.3, -0.25) is 4.55 Å². The zero-order valence-electron chi connectivity index (χ0n) is 10.6. The number of benzene rings is 1. The fourth-order valence-corrected chi connectivity index (χ4v) is 3.66. The van der Waals surface area contributed by atoms with E-state index >= 15 is 0 Å². The minimum Gasteiger partial charge on any atom is -0.476 e. The summed E-state index contributed by atoms with van der Waals surface area (Å²) in [6, 6.07) is 4.39. The molecule has 0 saturated heterocycles. The van der Waals surface area contributed by atoms with Gasteiger partial charge >= 0.3 is 16.3 Å². The van der Waals surface area contributed by atoms with Gasteiger partial charge in [0, 0.05) is 0 Å². The highest BCUT2D eigenvalue weighted by molar-refractivity contribution is 7.87. The molecule has 0 saturated carbocycles. The molecular formula is C11H8Cl2N2O5S2. The second-order valence-electron chi connectivity index (χ2n) is 4.04. The Bertz CT molecular complexity index is 822. The molecule has 1 heterocycles. The molecule has 0 bridgehead atoms. The molecular weight excluding hydrogens is 375 g/mol. The standard InChI is InChI=1S/C11H8Cl2N2O5S2/c12-7-2-1-6(3-8(7)13)4-15(22(18,19)20)10-9(11(16)17)14-5-21-10/h1-3,5H,4H2,(H,16,17)(H,18,19,20). The van der Waals surface area contributed by atoms with Crippen molar-refractivity contribution in [3.63, 3.8) is 0 Å². The Labute approximate surface area is 139 Å². The van der Waals surface area contributed by atoms with Crippen LogP contribution in [-0.4, -0.2) is 29.0 Å². The summed E-state index contributed by atoms with van der Waals surface area (Å²) in [5, 5.41) is 9.30. The fourth-order valence-electron chi connectivity index (χ4n) is 1.63. The van der Waals surface area contributed by atoms with Crippen LogP contribution in [0.3, 0.4) is 0 Å². The number of halogens is 2. The Hall–Kier alpha value is -1.39. The van der Waals surface area contributed by atoms with Gasteiger partial charge in [-0.25, -0.2) is 14.1 Å². The van der Waals surface area contributed by atoms with Gasteiger partial charge in [0.1, 0.15) is 5.00 Å². The average molecular weight is 383 g/mol. The molecule has 0 spiro atoms. The van der Waals surface area contributed by atoms with Gasteiger partial charge in [-0.05, 0) is 17.7 Å². The molecule has 22 heavy (non-hydrogen) atoms. The molecule has 0 aliphatic heterocycles. The van der Waals surface area contributed by atoms with Crippen LogP contribution in [-0.2, 0) is 16.8 Å². The number of thiazole rings is 1. The Balaban J connectivity index is 2.46. The molecule has 0 aliphatic rings. The third-order valence-electron chi connectivity index (χ3n) is 2.57. The summed E-state index contributed by atoms with van der Waals surface area (Å²) < 4.78 is 33.0. The molecule has 0 amide bonds. The van der Waals surface area contributed by atoms with Crippen LogP contribution in [0, 0.1) is 0 Å². The van der Waals surface area contributed by atoms with E-state index in [1.165, 1.54) is 23.7 Å². The largest absolute Gasteiger partial charge is 0.476 e. The van der Waals surface area contributed by atoms with Crippen LogP contribution in [0.5, 0.6) is 0 Å². The van der Waals surface area contributed by atoms with Crippen LogP contribution in [0.25, 0.3) is 0 Å². The smallest absolute Gasteiger partial charge is 0.360 e. The first-order chi connectivity index (χ1) is 10.2. The zero-order chi connectivity index (χ0) is 16.5. The van der Waals surface area contributed by atoms with E-state index in [0.29, 0.717) is 9.87 Å². The Morgan fingerprint density at radius 1 is 1.32 bits per heavy atom. The van der Waals surface area contributed by atoms with E-state index in [4.69, 9.17) is 28.3 Å². The lowest BCUT2D eigenvalue weighted by atomic mass is 10.2. The lowest BCUT2D eigenvalue weighted by Gasteiger charge is -2.19. The Morgan fingerprint density at radius 3 is 2.55 bits per heavy atom. The van der Waals surface area contributed by atoms with Crippen molar-refractivity contribution in [1.29, 1.82) is 0 Å². The second-order valence-corrected chi connectivity index (χ2v) is 7.03. The van der Waals surface area contributed by atoms with Crippen molar-refractivity contribution in [2.75, 3.05) is 4.31 Å². The first-order valence-corrected chi connectivity index (χ1v) is 8.59. The summed E-state index contributed by atoms with van der Waals surface area (Å²) in [6.07, 6.45) is 0. The molecule has 0 unspecified atom stereocenters. The van der Waals surface area contributed by atoms with Crippen molar-refractivity contribution in [1.82, 2.24) is 4.98 Å². The maximum Gasteiger partial charge on any atom is 0.360 e. The number of anilines is 1. The Kier molecular flexibility index (Phi) is 4.93. The third kappa shape index (κ3) is 3.68. The quantitative estimate of drug-likeness (QED) is 0.769. The summed E-state index contributed by atoms with van der Waals surface area (Å²) in [6.45, 7) is -0.321. The number of carboxylic acid groups (broad SMARTS) is 1. The minimum atomic E-state index is -4.70. The summed E-state index contributed by atoms with van der Waals surface area (Å²) in [7, 11) is -4.70. The zero-order valence-corrected chi connectivity index (χ0v) is 13.7. The number of aromatic carboxylic acids is 1. The SMILES string of the molecule is O=C(O)c1ncsc1N(Cc1ccc(Cl)c(Cl)c1)S(=O)(=O)O. The molecule has 0 fully saturated rings. The molecule has 7 nitrogen and oxygen atoms in total. The van der Waals surface area contributed by atoms with Gasteiger partial charge in [0.15, 0.2) is 5.69 Å². The van der Waals surface area contributed by atoms with E-state index in [2.05, 4.69) is 4.98 Å². The molecule has 118 valence electrons. The van der Waals surface area contributed by atoms with Crippen molar-refractivity contribution in [3.05, 3.63) is 45.0 Å². The second kappa shape index (κ2) is 6.39. The molecule has 0 atom stereocenters. The molecule has 0 aliphatic carbocycles. The van der Waals surface area contributed by atoms with E-state index in [0.717, 1.165) is 11.3 Å². The maximum atomic E-state index is 11.6. The van der Waals surface area contributed by atoms with Crippen molar-refractivity contribution >= 4 is 55.8 Å². The molecule has 1 aromatic heterocycles. The van der Waals surface area contributed by atoms with Gasteiger partial charge in [-0.2, -0.15) is 8.42 Å². The van der Waals surface area contributed by atoms with Gasteiger partial charge in [0.05, 0.1) is 22.1 Å². The normalized spacial score (nSPS) is 11.4. The van der Waals surface area contributed by atoms with E-state index < -0.39 is 22.0 Å². The first-order valence-electron chi connectivity index (χ1n) is 5.56. The van der Waals surface area contributed by atoms with E-state index in [9.17, 15) is 17.8 Å². The van der Waals surface area contributed by atoms with Crippen molar-refractivity contribution in [2.24, 2.45) is 0 Å². The van der Waals surface area contributed by atoms with Crippen LogP contribution < -0.4 is 4.31 Å². The molecule has 1 aromatic carbocycles. The van der Waals surface area contributed by atoms with Gasteiger partial charge in [-0.1, -0.05) is 29.3 Å². The molecule has 2 aromatic rings. The highest BCUT2D eigenvalue weighted by Crippen LogP contribution is 2.30. The highest BCUT2D eigenvalue weighted by Gasteiger charge is 2.27. The topological polar surface area (TPSA) is 108 Å². The summed E-state index contributed by atoms with van der Waals surface area (Å²) in [5.41, 5.74) is 1.12. The van der Waals surface area contributed by atoms with Gasteiger partial charge in [-0.15, -0.1) is 11.3 Å². The minimum absolute atomic E-state index is 0.206. The number of rotatable bonds is 5. The van der Waals surface area contributed by atoms with Crippen molar-refractivity contribution in [2.45, 2.75) is 6.54 Å². The summed E-state index contributed by atoms with van der Waals surface area (Å²) >= 11 is 12.4. The highest BCUT2D eigenvalue weighted by atomic mass is 35.5. The van der Waals surface area contributed by atoms with Crippen LogP contribution in [0.1, 0.15) is 16.1 Å². The molecule has 2 rings (SSSR count). The summed E-state index contributed by atoms with van der Waals surface area (Å²) in [4.78, 5) is 14.6. The van der Waals surface area contributed by atoms with Crippen LogP contribution in [0.4, 0.5) is 5.00 Å². The van der Waals surface area contributed by atoms with Crippen molar-refractivity contribution in [3.8, 4) is 0 Å². The molecule has 11 heteroatoms. The lowest BCUT2D eigenvalue weighted by molar-refractivity contribution is 0.0692.